The maximum Gasteiger partial charge on any atom is 0.253 e. The van der Waals surface area contributed by atoms with Crippen LogP contribution in [0, 0.1) is 5.92 Å². The highest BCUT2D eigenvalue weighted by Crippen LogP contribution is 2.22. The van der Waals surface area contributed by atoms with Gasteiger partial charge in [0.1, 0.15) is 0 Å². The minimum absolute atomic E-state index is 0.0375. The van der Waals surface area contributed by atoms with Crippen molar-refractivity contribution in [1.82, 2.24) is 9.80 Å². The number of hydrogen-bond donors (Lipinski definition) is 1. The molecule has 1 fully saturated rings. The second kappa shape index (κ2) is 33.9. The number of rotatable bonds is 15. The van der Waals surface area contributed by atoms with Crippen molar-refractivity contribution in [2.75, 3.05) is 19.6 Å². The van der Waals surface area contributed by atoms with Crippen LogP contribution in [0.25, 0.3) is 0 Å². The maximum absolute atomic E-state index is 13.2. The Morgan fingerprint density at radius 1 is 1.00 bits per heavy atom. The van der Waals surface area contributed by atoms with E-state index in [1.807, 2.05) is 95.9 Å². The van der Waals surface area contributed by atoms with Crippen LogP contribution in [0.1, 0.15) is 126 Å². The SMILES string of the molecule is C/C=C(/C)CC.C=CC(=C)C(=O)N(Cc1cccc(CC(O)/C=C/C=C\C=C/C)c1)C1CCN(CCCC(C)C)CC1.CC.CC.CC. The summed E-state index contributed by atoms with van der Waals surface area (Å²) >= 11 is 0. The lowest BCUT2D eigenvalue weighted by Crippen LogP contribution is -2.47. The molecular weight excluding hydrogens is 588 g/mol. The van der Waals surface area contributed by atoms with Crippen LogP contribution < -0.4 is 0 Å². The molecule has 2 rings (SSSR count). The van der Waals surface area contributed by atoms with Crippen LogP contribution in [0.4, 0.5) is 0 Å². The molecule has 274 valence electrons. The third kappa shape index (κ3) is 24.2. The maximum atomic E-state index is 13.2. The first-order valence-electron chi connectivity index (χ1n) is 18.8. The third-order valence-corrected chi connectivity index (χ3v) is 7.73. The number of amides is 1. The Morgan fingerprint density at radius 3 is 2.08 bits per heavy atom. The van der Waals surface area contributed by atoms with Gasteiger partial charge in [0, 0.05) is 37.7 Å². The van der Waals surface area contributed by atoms with Gasteiger partial charge in [-0.2, -0.15) is 0 Å². The van der Waals surface area contributed by atoms with Crippen molar-refractivity contribution in [3.05, 3.63) is 108 Å². The van der Waals surface area contributed by atoms with Crippen molar-refractivity contribution in [1.29, 1.82) is 0 Å². The molecule has 0 aliphatic carbocycles. The molecule has 1 amide bonds. The Balaban J connectivity index is -0.00000147. The van der Waals surface area contributed by atoms with Crippen molar-refractivity contribution < 1.29 is 9.90 Å². The van der Waals surface area contributed by atoms with E-state index in [1.165, 1.54) is 24.8 Å². The summed E-state index contributed by atoms with van der Waals surface area (Å²) < 4.78 is 0. The van der Waals surface area contributed by atoms with Gasteiger partial charge in [-0.1, -0.05) is 154 Å². The molecule has 1 aliphatic rings. The number of carbonyl (C=O) groups excluding carboxylic acids is 1. The summed E-state index contributed by atoms with van der Waals surface area (Å²) in [6.45, 7) is 36.3. The average Bonchev–Trinajstić information content (AvgIpc) is 3.12. The minimum Gasteiger partial charge on any atom is -0.389 e. The lowest BCUT2D eigenvalue weighted by Gasteiger charge is -2.39. The van der Waals surface area contributed by atoms with E-state index in [0.717, 1.165) is 49.5 Å². The number of likely N-dealkylation sites (tertiary alicyclic amines) is 1. The molecule has 1 atom stereocenters. The van der Waals surface area contributed by atoms with Gasteiger partial charge >= 0.3 is 0 Å². The molecular formula is C44H76N2O2. The zero-order valence-electron chi connectivity index (χ0n) is 33.4. The van der Waals surface area contributed by atoms with E-state index >= 15 is 0 Å². The van der Waals surface area contributed by atoms with E-state index < -0.39 is 6.10 Å². The van der Waals surface area contributed by atoms with E-state index in [4.69, 9.17) is 0 Å². The molecule has 0 radical (unpaired) electrons. The fourth-order valence-corrected chi connectivity index (χ4v) is 4.81. The number of benzene rings is 1. The van der Waals surface area contributed by atoms with Crippen molar-refractivity contribution >= 4 is 5.91 Å². The highest BCUT2D eigenvalue weighted by Gasteiger charge is 2.28. The first kappa shape index (κ1) is 49.4. The third-order valence-electron chi connectivity index (χ3n) is 7.73. The minimum atomic E-state index is -0.561. The van der Waals surface area contributed by atoms with Gasteiger partial charge in [0.2, 0.25) is 0 Å². The highest BCUT2D eigenvalue weighted by atomic mass is 16.3. The Labute approximate surface area is 299 Å². The lowest BCUT2D eigenvalue weighted by molar-refractivity contribution is -0.130. The molecule has 1 aromatic rings. The summed E-state index contributed by atoms with van der Waals surface area (Å²) in [6, 6.07) is 8.39. The number of carbonyl (C=O) groups is 1. The zero-order chi connectivity index (χ0) is 37.3. The van der Waals surface area contributed by atoms with E-state index in [1.54, 1.807) is 12.2 Å². The smallest absolute Gasteiger partial charge is 0.253 e. The largest absolute Gasteiger partial charge is 0.389 e. The number of allylic oxidation sites excluding steroid dienone is 7. The van der Waals surface area contributed by atoms with Crippen molar-refractivity contribution in [2.45, 2.75) is 140 Å². The second-order valence-corrected chi connectivity index (χ2v) is 11.6. The van der Waals surface area contributed by atoms with Gasteiger partial charge in [0.15, 0.2) is 0 Å². The van der Waals surface area contributed by atoms with Crippen LogP contribution in [0.5, 0.6) is 0 Å². The molecule has 1 saturated heterocycles. The number of nitrogens with zero attached hydrogens (tertiary/aromatic N) is 2. The Bertz CT molecular complexity index is 1060. The molecule has 0 spiro atoms. The van der Waals surface area contributed by atoms with Crippen LogP contribution in [0.3, 0.4) is 0 Å². The summed E-state index contributed by atoms with van der Waals surface area (Å²) in [6.07, 6.45) is 20.7. The predicted octanol–water partition coefficient (Wildman–Crippen LogP) is 11.7. The summed E-state index contributed by atoms with van der Waals surface area (Å²) in [4.78, 5) is 17.8. The normalized spacial score (nSPS) is 14.2. The van der Waals surface area contributed by atoms with E-state index in [9.17, 15) is 9.90 Å². The summed E-state index contributed by atoms with van der Waals surface area (Å²) in [7, 11) is 0. The van der Waals surface area contributed by atoms with Crippen molar-refractivity contribution in [2.24, 2.45) is 5.92 Å². The van der Waals surface area contributed by atoms with E-state index in [0.29, 0.717) is 18.5 Å². The Hall–Kier alpha value is -2.95. The van der Waals surface area contributed by atoms with Crippen molar-refractivity contribution in [3.8, 4) is 0 Å². The fourth-order valence-electron chi connectivity index (χ4n) is 4.81. The molecule has 4 nitrogen and oxygen atoms in total. The zero-order valence-corrected chi connectivity index (χ0v) is 33.4. The number of piperidine rings is 1. The molecule has 48 heavy (non-hydrogen) atoms. The van der Waals surface area contributed by atoms with Gasteiger partial charge < -0.3 is 14.9 Å². The summed E-state index contributed by atoms with van der Waals surface area (Å²) in [5, 5.41) is 10.4. The molecule has 0 aromatic heterocycles. The van der Waals surface area contributed by atoms with Gasteiger partial charge in [-0.25, -0.2) is 0 Å². The number of aliphatic hydroxyl groups is 1. The molecule has 1 heterocycles. The summed E-state index contributed by atoms with van der Waals surface area (Å²) in [5.74, 6) is 0.707. The molecule has 1 unspecified atom stereocenters. The summed E-state index contributed by atoms with van der Waals surface area (Å²) in [5.41, 5.74) is 4.03. The molecule has 0 bridgehead atoms. The first-order chi connectivity index (χ1) is 23.1. The Morgan fingerprint density at radius 2 is 1.58 bits per heavy atom. The van der Waals surface area contributed by atoms with Gasteiger partial charge in [0.25, 0.3) is 5.91 Å². The van der Waals surface area contributed by atoms with E-state index in [2.05, 4.69) is 70.9 Å². The van der Waals surface area contributed by atoms with Crippen molar-refractivity contribution in [3.63, 3.8) is 0 Å². The van der Waals surface area contributed by atoms with Gasteiger partial charge in [0.05, 0.1) is 6.10 Å². The molecule has 0 saturated carbocycles. The molecule has 1 aromatic carbocycles. The van der Waals surface area contributed by atoms with Gasteiger partial charge in [-0.05, 0) is 76.5 Å². The van der Waals surface area contributed by atoms with Crippen LogP contribution in [-0.4, -0.2) is 52.6 Å². The number of aliphatic hydroxyl groups excluding tert-OH is 1. The predicted molar refractivity (Wildman–Crippen MR) is 216 cm³/mol. The quantitative estimate of drug-likeness (QED) is 0.115. The average molecular weight is 665 g/mol. The molecule has 4 heteroatoms. The molecule has 1 aliphatic heterocycles. The second-order valence-electron chi connectivity index (χ2n) is 11.6. The topological polar surface area (TPSA) is 43.8 Å². The highest BCUT2D eigenvalue weighted by molar-refractivity contribution is 5.95. The molecule has 1 N–H and O–H groups in total. The standard InChI is InChI=1S/C32H46N2O2.C6H12.3C2H6/c1-6-8-9-10-11-17-31(35)24-28-15-12-16-29(23-28)25-34(32(36)27(5)7-2)30-18-21-33(22-19-30)20-13-14-26(3)4;1-4-6(3)5-2;3*1-2/h6-12,15-17,23,26,30-31,35H,2,5,13-14,18-22,24-25H2,1,3-4H3;4H,5H2,1-3H3;3*1-2H3/b8-6-,10-9-,17-11+;6-4-;;;. The van der Waals surface area contributed by atoms with Gasteiger partial charge in [-0.3, -0.25) is 4.79 Å². The van der Waals surface area contributed by atoms with Crippen LogP contribution in [0.2, 0.25) is 0 Å². The van der Waals surface area contributed by atoms with Crippen LogP contribution >= 0.6 is 0 Å². The lowest BCUT2D eigenvalue weighted by atomic mass is 9.99. The van der Waals surface area contributed by atoms with Crippen LogP contribution in [0.15, 0.2) is 97.2 Å². The van der Waals surface area contributed by atoms with Gasteiger partial charge in [-0.15, -0.1) is 0 Å². The van der Waals surface area contributed by atoms with Crippen LogP contribution in [-0.2, 0) is 17.8 Å². The monoisotopic (exact) mass is 665 g/mol. The fraction of sp³-hybridized carbons (Fsp3) is 0.568. The number of hydrogen-bond acceptors (Lipinski definition) is 3. The Kier molecular flexibility index (Phi) is 34.9. The first-order valence-corrected chi connectivity index (χ1v) is 18.8. The van der Waals surface area contributed by atoms with E-state index in [-0.39, 0.29) is 11.9 Å².